The number of nitrogens with one attached hydrogen (secondary N) is 1. The first-order chi connectivity index (χ1) is 15.0. The smallest absolute Gasteiger partial charge is 0.123 e. The molecule has 3 heteroatoms. The van der Waals surface area contributed by atoms with Gasteiger partial charge in [0.2, 0.25) is 0 Å². The third-order valence-corrected chi connectivity index (χ3v) is 6.98. The molecule has 0 saturated heterocycles. The zero-order valence-electron chi connectivity index (χ0n) is 20.7. The largest absolute Gasteiger partial charge is 0.392 e. The maximum atomic E-state index is 14.0. The summed E-state index contributed by atoms with van der Waals surface area (Å²) < 4.78 is 14.0. The minimum absolute atomic E-state index is 0.0694. The van der Waals surface area contributed by atoms with Gasteiger partial charge in [-0.15, -0.1) is 0 Å². The van der Waals surface area contributed by atoms with E-state index in [1.54, 1.807) is 12.2 Å². The average molecular weight is 440 g/mol. The lowest BCUT2D eigenvalue weighted by Crippen LogP contribution is -2.47. The molecule has 1 fully saturated rings. The lowest BCUT2D eigenvalue weighted by atomic mass is 9.74. The van der Waals surface area contributed by atoms with E-state index in [-0.39, 0.29) is 22.2 Å². The van der Waals surface area contributed by atoms with E-state index >= 15 is 0 Å². The van der Waals surface area contributed by atoms with Gasteiger partial charge in [0.25, 0.3) is 0 Å². The lowest BCUT2D eigenvalue weighted by Gasteiger charge is -2.40. The molecule has 2 N–H and O–H groups in total. The fraction of sp³-hybridized carbons (Fsp3) is 0.586. The summed E-state index contributed by atoms with van der Waals surface area (Å²) >= 11 is 0. The van der Waals surface area contributed by atoms with Crippen molar-refractivity contribution in [1.29, 1.82) is 0 Å². The molecule has 176 valence electrons. The average Bonchev–Trinajstić information content (AvgIpc) is 2.88. The Morgan fingerprint density at radius 2 is 1.84 bits per heavy atom. The molecule has 2 aliphatic rings. The SMILES string of the molecule is CC1(C)C=CC(F)=CC(CCC(O)CNC2(c3cccc(C(C)(C)C)c3)CCCCC2)=C1. The van der Waals surface area contributed by atoms with E-state index in [1.807, 2.05) is 6.08 Å². The van der Waals surface area contributed by atoms with E-state index < -0.39 is 6.10 Å². The Hall–Kier alpha value is -1.71. The summed E-state index contributed by atoms with van der Waals surface area (Å²) in [5.41, 5.74) is 3.53. The molecule has 0 radical (unpaired) electrons. The number of aliphatic hydroxyl groups excluding tert-OH is 1. The van der Waals surface area contributed by atoms with Crippen LogP contribution in [0.15, 0.2) is 60.0 Å². The minimum Gasteiger partial charge on any atom is -0.392 e. The van der Waals surface area contributed by atoms with Crippen LogP contribution in [0.25, 0.3) is 0 Å². The quantitative estimate of drug-likeness (QED) is 0.469. The molecule has 0 bridgehead atoms. The van der Waals surface area contributed by atoms with Crippen LogP contribution in [0.3, 0.4) is 0 Å². The van der Waals surface area contributed by atoms with Crippen LogP contribution in [0.5, 0.6) is 0 Å². The number of benzene rings is 1. The van der Waals surface area contributed by atoms with Crippen molar-refractivity contribution >= 4 is 0 Å². The predicted octanol–water partition coefficient (Wildman–Crippen LogP) is 7.25. The summed E-state index contributed by atoms with van der Waals surface area (Å²) in [6, 6.07) is 9.01. The number of halogens is 1. The van der Waals surface area contributed by atoms with Gasteiger partial charge in [-0.2, -0.15) is 0 Å². The summed E-state index contributed by atoms with van der Waals surface area (Å²) in [7, 11) is 0. The highest BCUT2D eigenvalue weighted by molar-refractivity contribution is 5.35. The van der Waals surface area contributed by atoms with Crippen LogP contribution in [0, 0.1) is 5.41 Å². The first-order valence-electron chi connectivity index (χ1n) is 12.3. The van der Waals surface area contributed by atoms with Crippen LogP contribution in [0.1, 0.15) is 90.7 Å². The number of hydrogen-bond acceptors (Lipinski definition) is 2. The van der Waals surface area contributed by atoms with Crippen LogP contribution < -0.4 is 5.32 Å². The molecule has 0 heterocycles. The van der Waals surface area contributed by atoms with Gasteiger partial charge in [0.05, 0.1) is 6.10 Å². The molecule has 2 nitrogen and oxygen atoms in total. The Bertz CT molecular complexity index is 865. The number of allylic oxidation sites excluding steroid dienone is 6. The van der Waals surface area contributed by atoms with Crippen molar-refractivity contribution in [2.24, 2.45) is 5.41 Å². The summed E-state index contributed by atoms with van der Waals surface area (Å²) in [5, 5.41) is 14.6. The van der Waals surface area contributed by atoms with Gasteiger partial charge in [0.15, 0.2) is 0 Å². The van der Waals surface area contributed by atoms with Crippen molar-refractivity contribution in [2.75, 3.05) is 6.54 Å². The van der Waals surface area contributed by atoms with E-state index in [9.17, 15) is 9.50 Å². The van der Waals surface area contributed by atoms with Gasteiger partial charge in [0, 0.05) is 17.5 Å². The van der Waals surface area contributed by atoms with Gasteiger partial charge in [-0.25, -0.2) is 4.39 Å². The summed E-state index contributed by atoms with van der Waals surface area (Å²) in [5.74, 6) is -0.214. The molecule has 0 spiro atoms. The minimum atomic E-state index is -0.462. The summed E-state index contributed by atoms with van der Waals surface area (Å²) in [6.07, 6.45) is 13.9. The monoisotopic (exact) mass is 439 g/mol. The Balaban J connectivity index is 1.67. The standard InChI is InChI=1S/C29H42FNO/c1-27(2,3)23-10-9-11-24(19-23)29(15-7-6-8-16-29)31-21-26(32)13-12-22-18-25(30)14-17-28(4,5)20-22/h9-11,14,17-20,26,31-32H,6-8,12-13,15-16,21H2,1-5H3. The lowest BCUT2D eigenvalue weighted by molar-refractivity contribution is 0.132. The molecule has 1 unspecified atom stereocenters. The Morgan fingerprint density at radius 3 is 2.53 bits per heavy atom. The summed E-state index contributed by atoms with van der Waals surface area (Å²) in [6.45, 7) is 11.5. The zero-order chi connectivity index (χ0) is 23.4. The second-order valence-electron chi connectivity index (χ2n) is 11.5. The molecule has 1 aromatic rings. The fourth-order valence-corrected chi connectivity index (χ4v) is 4.99. The summed E-state index contributed by atoms with van der Waals surface area (Å²) in [4.78, 5) is 0. The highest BCUT2D eigenvalue weighted by Gasteiger charge is 2.34. The molecule has 2 aliphatic carbocycles. The van der Waals surface area contributed by atoms with E-state index in [2.05, 4.69) is 70.3 Å². The predicted molar refractivity (Wildman–Crippen MR) is 133 cm³/mol. The van der Waals surface area contributed by atoms with Crippen molar-refractivity contribution < 1.29 is 9.50 Å². The van der Waals surface area contributed by atoms with Gasteiger partial charge in [-0.3, -0.25) is 0 Å². The fourth-order valence-electron chi connectivity index (χ4n) is 4.99. The molecule has 0 aromatic heterocycles. The number of rotatable bonds is 7. The Labute approximate surface area is 194 Å². The third kappa shape index (κ3) is 6.65. The molecule has 1 aromatic carbocycles. The maximum Gasteiger partial charge on any atom is 0.123 e. The van der Waals surface area contributed by atoms with Crippen LogP contribution in [-0.2, 0) is 11.0 Å². The highest BCUT2D eigenvalue weighted by Crippen LogP contribution is 2.39. The van der Waals surface area contributed by atoms with Crippen molar-refractivity contribution in [2.45, 2.75) is 96.6 Å². The van der Waals surface area contributed by atoms with Crippen LogP contribution in [0.4, 0.5) is 4.39 Å². The van der Waals surface area contributed by atoms with Crippen LogP contribution >= 0.6 is 0 Å². The van der Waals surface area contributed by atoms with E-state index in [0.717, 1.165) is 18.4 Å². The van der Waals surface area contributed by atoms with Crippen molar-refractivity contribution in [3.8, 4) is 0 Å². The van der Waals surface area contributed by atoms with Crippen LogP contribution in [-0.4, -0.2) is 17.8 Å². The van der Waals surface area contributed by atoms with Crippen molar-refractivity contribution in [3.63, 3.8) is 0 Å². The molecule has 1 atom stereocenters. The maximum absolute atomic E-state index is 14.0. The molecule has 3 rings (SSSR count). The topological polar surface area (TPSA) is 32.3 Å². The van der Waals surface area contributed by atoms with Crippen LogP contribution in [0.2, 0.25) is 0 Å². The molecule has 0 aliphatic heterocycles. The molecule has 1 saturated carbocycles. The van der Waals surface area contributed by atoms with Crippen molar-refractivity contribution in [1.82, 2.24) is 5.32 Å². The van der Waals surface area contributed by atoms with E-state index in [4.69, 9.17) is 0 Å². The third-order valence-electron chi connectivity index (χ3n) is 6.98. The molecule has 32 heavy (non-hydrogen) atoms. The van der Waals surface area contributed by atoms with Crippen molar-refractivity contribution in [3.05, 3.63) is 71.1 Å². The Morgan fingerprint density at radius 1 is 1.12 bits per heavy atom. The normalized spacial score (nSPS) is 21.5. The molecular weight excluding hydrogens is 397 g/mol. The number of aliphatic hydroxyl groups is 1. The first kappa shape index (κ1) is 24.9. The first-order valence-corrected chi connectivity index (χ1v) is 12.3. The second kappa shape index (κ2) is 10.1. The van der Waals surface area contributed by atoms with Gasteiger partial charge < -0.3 is 10.4 Å². The van der Waals surface area contributed by atoms with Gasteiger partial charge >= 0.3 is 0 Å². The van der Waals surface area contributed by atoms with E-state index in [1.165, 1.54) is 30.4 Å². The van der Waals surface area contributed by atoms with Gasteiger partial charge in [-0.1, -0.05) is 90.3 Å². The Kier molecular flexibility index (Phi) is 7.83. The molecule has 0 amide bonds. The molecular formula is C29H42FNO. The second-order valence-corrected chi connectivity index (χ2v) is 11.5. The highest BCUT2D eigenvalue weighted by atomic mass is 19.1. The van der Waals surface area contributed by atoms with E-state index in [0.29, 0.717) is 19.4 Å². The number of hydrogen-bond donors (Lipinski definition) is 2. The zero-order valence-corrected chi connectivity index (χ0v) is 20.7. The van der Waals surface area contributed by atoms with Gasteiger partial charge in [-0.05, 0) is 60.0 Å². The van der Waals surface area contributed by atoms with Gasteiger partial charge in [0.1, 0.15) is 5.83 Å².